The summed E-state index contributed by atoms with van der Waals surface area (Å²) in [4.78, 5) is 0. The van der Waals surface area contributed by atoms with Gasteiger partial charge in [-0.15, -0.1) is 0 Å². The minimum absolute atomic E-state index is 0.448. The van der Waals surface area contributed by atoms with Crippen molar-refractivity contribution in [3.05, 3.63) is 40.5 Å². The molecule has 0 bridgehead atoms. The van der Waals surface area contributed by atoms with E-state index < -0.39 is 10.0 Å². The summed E-state index contributed by atoms with van der Waals surface area (Å²) in [6.45, 7) is 4.49. The van der Waals surface area contributed by atoms with Crippen molar-refractivity contribution in [2.75, 3.05) is 24.5 Å². The summed E-state index contributed by atoms with van der Waals surface area (Å²) < 4.78 is 0. The molecule has 0 N–H and O–H groups in total. The van der Waals surface area contributed by atoms with E-state index in [1.54, 1.807) is 11.1 Å². The topological polar surface area (TPSA) is 0 Å². The molecule has 1 aromatic rings. The molecule has 0 nitrogen and oxygen atoms in total. The summed E-state index contributed by atoms with van der Waals surface area (Å²) in [5.74, 6) is 1.27. The van der Waals surface area contributed by atoms with Crippen LogP contribution in [0.25, 0.3) is 5.57 Å². The van der Waals surface area contributed by atoms with Crippen molar-refractivity contribution in [1.29, 1.82) is 0 Å². The second kappa shape index (κ2) is 3.96. The maximum absolute atomic E-state index is 2.44. The Hall–Kier alpha value is -0.690. The molecule has 1 aromatic carbocycles. The van der Waals surface area contributed by atoms with Crippen LogP contribution in [-0.4, -0.2) is 24.5 Å². The fourth-order valence-electron chi connectivity index (χ4n) is 2.42. The highest BCUT2D eigenvalue weighted by molar-refractivity contribution is 8.32. The molecule has 0 unspecified atom stereocenters. The summed E-state index contributed by atoms with van der Waals surface area (Å²) in [7, 11) is -0.448. The Kier molecular flexibility index (Phi) is 2.91. The summed E-state index contributed by atoms with van der Waals surface area (Å²) in [6, 6.07) is 4.56. The van der Waals surface area contributed by atoms with E-state index in [1.807, 2.05) is 0 Å². The molecule has 0 saturated carbocycles. The van der Waals surface area contributed by atoms with E-state index in [2.05, 4.69) is 50.8 Å². The van der Waals surface area contributed by atoms with Gasteiger partial charge in [0.25, 0.3) is 0 Å². The Morgan fingerprint density at radius 2 is 1.81 bits per heavy atom. The minimum atomic E-state index is -0.448. The zero-order chi connectivity index (χ0) is 11.9. The molecule has 0 atom stereocenters. The number of fused-ring (bicyclic) bond motifs is 1. The molecule has 88 valence electrons. The molecule has 2 rings (SSSR count). The predicted octanol–water partition coefficient (Wildman–Crippen LogP) is 3.94. The van der Waals surface area contributed by atoms with Gasteiger partial charge in [0.15, 0.2) is 0 Å². The van der Waals surface area contributed by atoms with E-state index >= 15 is 0 Å². The predicted molar refractivity (Wildman–Crippen MR) is 77.8 cm³/mol. The van der Waals surface area contributed by atoms with Crippen molar-refractivity contribution in [1.82, 2.24) is 0 Å². The molecule has 0 fully saturated rings. The Morgan fingerprint density at radius 1 is 1.12 bits per heavy atom. The summed E-state index contributed by atoms with van der Waals surface area (Å²) >= 11 is 0. The molecular formula is C15H22S. The van der Waals surface area contributed by atoms with Gasteiger partial charge in [-0.3, -0.25) is 0 Å². The second-order valence-electron chi connectivity index (χ2n) is 5.71. The minimum Gasteiger partial charge on any atom is -0.246 e. The smallest absolute Gasteiger partial charge is 0.00208 e. The van der Waals surface area contributed by atoms with Crippen LogP contribution in [0.4, 0.5) is 0 Å². The van der Waals surface area contributed by atoms with Crippen LogP contribution >= 0.6 is 10.0 Å². The van der Waals surface area contributed by atoms with Crippen molar-refractivity contribution < 1.29 is 0 Å². The van der Waals surface area contributed by atoms with Crippen LogP contribution in [0, 0.1) is 13.8 Å². The number of hydrogen-bond acceptors (Lipinski definition) is 0. The number of benzene rings is 1. The number of allylic oxidation sites excluding steroid dienone is 1. The van der Waals surface area contributed by atoms with Crippen LogP contribution in [-0.2, 0) is 6.42 Å². The fraction of sp³-hybridized carbons (Fsp3) is 0.467. The van der Waals surface area contributed by atoms with Crippen molar-refractivity contribution >= 4 is 15.6 Å². The van der Waals surface area contributed by atoms with Crippen molar-refractivity contribution in [2.45, 2.75) is 20.3 Å². The molecule has 0 saturated heterocycles. The van der Waals surface area contributed by atoms with E-state index in [4.69, 9.17) is 0 Å². The van der Waals surface area contributed by atoms with Gasteiger partial charge in [0.2, 0.25) is 0 Å². The van der Waals surface area contributed by atoms with Crippen LogP contribution in [0.5, 0.6) is 0 Å². The Morgan fingerprint density at radius 3 is 2.44 bits per heavy atom. The lowest BCUT2D eigenvalue weighted by molar-refractivity contribution is 1.24. The van der Waals surface area contributed by atoms with Crippen LogP contribution in [0.15, 0.2) is 18.2 Å². The van der Waals surface area contributed by atoms with Crippen LogP contribution < -0.4 is 0 Å². The van der Waals surface area contributed by atoms with Gasteiger partial charge in [-0.05, 0) is 66.9 Å². The average molecular weight is 234 g/mol. The van der Waals surface area contributed by atoms with Gasteiger partial charge in [-0.2, -0.15) is 0 Å². The summed E-state index contributed by atoms with van der Waals surface area (Å²) in [5, 5.41) is 0. The van der Waals surface area contributed by atoms with E-state index in [1.165, 1.54) is 22.4 Å². The van der Waals surface area contributed by atoms with Gasteiger partial charge in [-0.1, -0.05) is 18.2 Å². The Bertz CT molecular complexity index is 447. The lowest BCUT2D eigenvalue weighted by Crippen LogP contribution is -2.02. The maximum atomic E-state index is 2.44. The zero-order valence-corrected chi connectivity index (χ0v) is 11.9. The van der Waals surface area contributed by atoms with Crippen LogP contribution in [0.2, 0.25) is 0 Å². The highest BCUT2D eigenvalue weighted by Crippen LogP contribution is 2.43. The first-order chi connectivity index (χ1) is 7.38. The number of aryl methyl sites for hydroxylation is 1. The third kappa shape index (κ3) is 2.20. The van der Waals surface area contributed by atoms with Gasteiger partial charge >= 0.3 is 0 Å². The first-order valence-electron chi connectivity index (χ1n) is 5.83. The third-order valence-corrected chi connectivity index (χ3v) is 4.48. The molecule has 0 heterocycles. The van der Waals surface area contributed by atoms with E-state index in [9.17, 15) is 0 Å². The molecule has 0 amide bonds. The van der Waals surface area contributed by atoms with Crippen LogP contribution in [0.1, 0.15) is 22.3 Å². The number of rotatable bonds is 2. The first-order valence-corrected chi connectivity index (χ1v) is 8.85. The molecule has 1 aliphatic rings. The lowest BCUT2D eigenvalue weighted by atomic mass is 9.97. The largest absolute Gasteiger partial charge is 0.246 e. The maximum Gasteiger partial charge on any atom is 0.00208 e. The average Bonchev–Trinajstić information content (AvgIpc) is 2.53. The van der Waals surface area contributed by atoms with Gasteiger partial charge < -0.3 is 0 Å². The molecule has 1 heteroatoms. The third-order valence-electron chi connectivity index (χ3n) is 3.30. The quantitative estimate of drug-likeness (QED) is 0.727. The molecule has 0 spiro atoms. The highest BCUT2D eigenvalue weighted by Gasteiger charge is 2.19. The van der Waals surface area contributed by atoms with Gasteiger partial charge in [0.05, 0.1) is 0 Å². The number of hydrogen-bond donors (Lipinski definition) is 0. The van der Waals surface area contributed by atoms with Gasteiger partial charge in [0.1, 0.15) is 0 Å². The SMILES string of the molecule is Cc1ccc2c(c1C)C(CS(C)(C)C)=CC2. The van der Waals surface area contributed by atoms with Crippen molar-refractivity contribution in [3.63, 3.8) is 0 Å². The summed E-state index contributed by atoms with van der Waals surface area (Å²) in [6.07, 6.45) is 10.8. The van der Waals surface area contributed by atoms with Crippen molar-refractivity contribution in [2.24, 2.45) is 0 Å². The molecule has 0 radical (unpaired) electrons. The monoisotopic (exact) mass is 234 g/mol. The molecule has 1 aliphatic carbocycles. The Balaban J connectivity index is 2.41. The summed E-state index contributed by atoms with van der Waals surface area (Å²) in [5.41, 5.74) is 7.60. The standard InChI is InChI=1S/C15H22S/c1-11-6-7-13-8-9-14(10-16(3,4)5)15(13)12(11)2/h6-7,9H,8,10H2,1-5H3. The molecule has 16 heavy (non-hydrogen) atoms. The lowest BCUT2D eigenvalue weighted by Gasteiger charge is -2.27. The van der Waals surface area contributed by atoms with Gasteiger partial charge in [0, 0.05) is 5.75 Å². The molecular weight excluding hydrogens is 212 g/mol. The fourth-order valence-corrected chi connectivity index (χ4v) is 3.62. The van der Waals surface area contributed by atoms with Crippen LogP contribution in [0.3, 0.4) is 0 Å². The van der Waals surface area contributed by atoms with E-state index in [-0.39, 0.29) is 0 Å². The second-order valence-corrected chi connectivity index (χ2v) is 10.2. The Labute approximate surface area is 101 Å². The zero-order valence-electron chi connectivity index (χ0n) is 11.1. The first kappa shape index (κ1) is 11.8. The molecule has 0 aliphatic heterocycles. The van der Waals surface area contributed by atoms with E-state index in [0.29, 0.717) is 0 Å². The normalized spacial score (nSPS) is 15.9. The highest BCUT2D eigenvalue weighted by atomic mass is 32.3. The van der Waals surface area contributed by atoms with Gasteiger partial charge in [-0.25, -0.2) is 10.0 Å². The van der Waals surface area contributed by atoms with Crippen molar-refractivity contribution in [3.8, 4) is 0 Å². The van der Waals surface area contributed by atoms with E-state index in [0.717, 1.165) is 6.42 Å². The molecule has 0 aromatic heterocycles.